The molecule has 0 bridgehead atoms. The van der Waals surface area contributed by atoms with Crippen LogP contribution in [0.3, 0.4) is 0 Å². The highest BCUT2D eigenvalue weighted by Crippen LogP contribution is 2.42. The number of carbonyl (C=O) groups excluding carboxylic acids is 2. The highest BCUT2D eigenvalue weighted by Gasteiger charge is 2.45. The van der Waals surface area contributed by atoms with Crippen LogP contribution in [-0.2, 0) is 28.0 Å². The Balaban J connectivity index is 1.19. The Labute approximate surface area is 250 Å². The number of hydroxylamine groups is 1. The molecule has 0 aliphatic carbocycles. The van der Waals surface area contributed by atoms with Crippen molar-refractivity contribution in [2.75, 3.05) is 5.32 Å². The molecule has 0 radical (unpaired) electrons. The molecule has 1 unspecified atom stereocenters. The van der Waals surface area contributed by atoms with Crippen LogP contribution in [0.15, 0.2) is 72.9 Å². The number of benzene rings is 3. The highest BCUT2D eigenvalue weighted by atomic mass is 35.5. The second kappa shape index (κ2) is 10.4. The number of aryl methyl sites for hydroxylation is 1. The van der Waals surface area contributed by atoms with Gasteiger partial charge in [0.1, 0.15) is 28.9 Å². The molecule has 43 heavy (non-hydrogen) atoms. The molecule has 1 fully saturated rings. The first-order chi connectivity index (χ1) is 20.8. The van der Waals surface area contributed by atoms with Crippen molar-refractivity contribution in [3.63, 3.8) is 0 Å². The molecule has 2 atom stereocenters. The van der Waals surface area contributed by atoms with E-state index in [-0.39, 0.29) is 24.4 Å². The van der Waals surface area contributed by atoms with Crippen LogP contribution < -0.4 is 16.1 Å². The minimum Gasteiger partial charge on any atom is -0.352 e. The predicted molar refractivity (Wildman–Crippen MR) is 158 cm³/mol. The van der Waals surface area contributed by atoms with Gasteiger partial charge in [-0.25, -0.2) is 19.2 Å². The van der Waals surface area contributed by atoms with Gasteiger partial charge in [-0.3, -0.25) is 9.48 Å². The van der Waals surface area contributed by atoms with Gasteiger partial charge in [0.25, 0.3) is 0 Å². The van der Waals surface area contributed by atoms with Gasteiger partial charge in [0.15, 0.2) is 5.82 Å². The second-order valence-electron chi connectivity index (χ2n) is 10.7. The minimum atomic E-state index is -0.999. The van der Waals surface area contributed by atoms with E-state index in [2.05, 4.69) is 21.1 Å². The molecular weight excluding hydrogens is 573 g/mol. The van der Waals surface area contributed by atoms with Crippen LogP contribution in [0.2, 0.25) is 5.02 Å². The third-order valence-electron chi connectivity index (χ3n) is 8.06. The summed E-state index contributed by atoms with van der Waals surface area (Å²) < 4.78 is 16.1. The Hall–Kier alpha value is -4.87. The molecule has 2 aromatic heterocycles. The Morgan fingerprint density at radius 3 is 2.67 bits per heavy atom. The molecule has 5 aromatic rings. The van der Waals surface area contributed by atoms with Crippen molar-refractivity contribution in [1.82, 2.24) is 30.5 Å². The Morgan fingerprint density at radius 1 is 1.09 bits per heavy atom. The molecule has 0 saturated carbocycles. The van der Waals surface area contributed by atoms with Crippen molar-refractivity contribution in [2.24, 2.45) is 0 Å². The van der Waals surface area contributed by atoms with Gasteiger partial charge in [-0.2, -0.15) is 5.10 Å². The third-order valence-corrected chi connectivity index (χ3v) is 8.29. The summed E-state index contributed by atoms with van der Waals surface area (Å²) in [6.45, 7) is 2.04. The van der Waals surface area contributed by atoms with E-state index in [4.69, 9.17) is 26.5 Å². The maximum atomic E-state index is 14.5. The first-order valence-electron chi connectivity index (χ1n) is 13.7. The van der Waals surface area contributed by atoms with Gasteiger partial charge in [-0.15, -0.1) is 5.48 Å². The maximum Gasteiger partial charge on any atom is 0.427 e. The Bertz CT molecular complexity index is 1910. The number of carbonyl (C=O) groups is 2. The standard InChI is InChI=1S/C31H25ClFN7O3/c1-31(19-9-6-17(7-10-19)8-13-25-35-30(42)43-39-25)22-15-34-28(36-27(22)37-29(31)41)26-21-12-11-20(32)14-24(21)40(38-26)16-18-4-2-3-5-23(18)33/h2-7,9-12,14-15,25,39H,8,13,16H2,1H3,(H,35,42)(H,34,36,37,41)/t25?,31-/m0/s1. The molecule has 2 aliphatic heterocycles. The summed E-state index contributed by atoms with van der Waals surface area (Å²) in [5.41, 5.74) is 5.85. The normalized spacial score (nSPS) is 19.3. The van der Waals surface area contributed by atoms with E-state index in [1.807, 2.05) is 37.3 Å². The van der Waals surface area contributed by atoms with Crippen LogP contribution in [0, 0.1) is 5.82 Å². The topological polar surface area (TPSA) is 123 Å². The zero-order valence-corrected chi connectivity index (χ0v) is 23.7. The number of amides is 2. The van der Waals surface area contributed by atoms with Crippen LogP contribution >= 0.6 is 11.6 Å². The molecule has 1 saturated heterocycles. The molecule has 10 nitrogen and oxygen atoms in total. The average Bonchev–Trinajstić information content (AvgIpc) is 3.66. The molecule has 12 heteroatoms. The van der Waals surface area contributed by atoms with Gasteiger partial charge in [-0.05, 0) is 55.2 Å². The summed E-state index contributed by atoms with van der Waals surface area (Å²) >= 11 is 6.31. The number of fused-ring (bicyclic) bond motifs is 2. The monoisotopic (exact) mass is 597 g/mol. The van der Waals surface area contributed by atoms with E-state index in [0.717, 1.165) is 16.5 Å². The van der Waals surface area contributed by atoms with E-state index >= 15 is 0 Å². The van der Waals surface area contributed by atoms with Gasteiger partial charge in [0.2, 0.25) is 5.91 Å². The summed E-state index contributed by atoms with van der Waals surface area (Å²) in [5.74, 6) is 0.205. The third kappa shape index (κ3) is 4.76. The molecular formula is C31H25ClFN7O3. The van der Waals surface area contributed by atoms with E-state index < -0.39 is 11.5 Å². The largest absolute Gasteiger partial charge is 0.427 e. The fourth-order valence-electron chi connectivity index (χ4n) is 5.59. The molecule has 2 amide bonds. The zero-order valence-electron chi connectivity index (χ0n) is 22.9. The predicted octanol–water partition coefficient (Wildman–Crippen LogP) is 5.10. The average molecular weight is 598 g/mol. The molecule has 3 aromatic carbocycles. The zero-order chi connectivity index (χ0) is 29.7. The molecule has 3 N–H and O–H groups in total. The van der Waals surface area contributed by atoms with Crippen LogP contribution in [0.25, 0.3) is 22.4 Å². The quantitative estimate of drug-likeness (QED) is 0.239. The van der Waals surface area contributed by atoms with Crippen molar-refractivity contribution in [2.45, 2.75) is 37.9 Å². The number of rotatable bonds is 7. The fraction of sp³-hybridized carbons (Fsp3) is 0.194. The van der Waals surface area contributed by atoms with Gasteiger partial charge in [-0.1, -0.05) is 54.1 Å². The van der Waals surface area contributed by atoms with Gasteiger partial charge >= 0.3 is 6.09 Å². The molecule has 2 aliphatic rings. The van der Waals surface area contributed by atoms with Gasteiger partial charge < -0.3 is 15.5 Å². The van der Waals surface area contributed by atoms with Crippen LogP contribution in [0.5, 0.6) is 0 Å². The first kappa shape index (κ1) is 27.0. The number of halogens is 2. The lowest BCUT2D eigenvalue weighted by Gasteiger charge is -2.22. The summed E-state index contributed by atoms with van der Waals surface area (Å²) in [5, 5.41) is 11.6. The van der Waals surface area contributed by atoms with Gasteiger partial charge in [0.05, 0.1) is 12.1 Å². The number of aromatic nitrogens is 4. The number of hydrogen-bond donors (Lipinski definition) is 3. The van der Waals surface area contributed by atoms with Crippen LogP contribution in [0.4, 0.5) is 15.0 Å². The second-order valence-corrected chi connectivity index (χ2v) is 11.2. The molecule has 7 rings (SSSR count). The number of nitrogens with zero attached hydrogens (tertiary/aromatic N) is 4. The summed E-state index contributed by atoms with van der Waals surface area (Å²) in [4.78, 5) is 38.7. The van der Waals surface area contributed by atoms with E-state index in [0.29, 0.717) is 51.8 Å². The van der Waals surface area contributed by atoms with E-state index in [1.165, 1.54) is 6.07 Å². The van der Waals surface area contributed by atoms with Crippen LogP contribution in [0.1, 0.15) is 35.6 Å². The fourth-order valence-corrected chi connectivity index (χ4v) is 5.76. The first-order valence-corrected chi connectivity index (χ1v) is 14.1. The van der Waals surface area contributed by atoms with E-state index in [9.17, 15) is 14.0 Å². The van der Waals surface area contributed by atoms with Crippen molar-refractivity contribution in [3.8, 4) is 11.5 Å². The molecule has 4 heterocycles. The summed E-state index contributed by atoms with van der Waals surface area (Å²) in [6.07, 6.45) is 2.28. The van der Waals surface area contributed by atoms with Gasteiger partial charge in [0, 0.05) is 27.7 Å². The van der Waals surface area contributed by atoms with Crippen molar-refractivity contribution < 1.29 is 18.8 Å². The van der Waals surface area contributed by atoms with Crippen LogP contribution in [-0.4, -0.2) is 37.9 Å². The molecule has 216 valence electrons. The number of hydrogen-bond acceptors (Lipinski definition) is 7. The smallest absolute Gasteiger partial charge is 0.352 e. The Kier molecular flexibility index (Phi) is 6.55. The van der Waals surface area contributed by atoms with Crippen molar-refractivity contribution in [1.29, 1.82) is 0 Å². The van der Waals surface area contributed by atoms with Crippen molar-refractivity contribution >= 4 is 40.3 Å². The SMILES string of the molecule is C[C@@]1(c2ccc(CCC3NOC(=O)N3)cc2)C(=O)Nc2nc(-c3nn(Cc4ccccc4F)c4cc(Cl)ccc34)ncc21. The number of anilines is 1. The maximum absolute atomic E-state index is 14.5. The van der Waals surface area contributed by atoms with Crippen molar-refractivity contribution in [3.05, 3.63) is 106 Å². The summed E-state index contributed by atoms with van der Waals surface area (Å²) in [6, 6.07) is 19.7. The Morgan fingerprint density at radius 2 is 1.91 bits per heavy atom. The molecule has 0 spiro atoms. The minimum absolute atomic E-state index is 0.193. The van der Waals surface area contributed by atoms with E-state index in [1.54, 1.807) is 41.2 Å². The number of nitrogens with one attached hydrogen (secondary N) is 3. The highest BCUT2D eigenvalue weighted by molar-refractivity contribution is 6.31. The lowest BCUT2D eigenvalue weighted by molar-refractivity contribution is -0.119. The lowest BCUT2D eigenvalue weighted by Crippen LogP contribution is -2.32. The summed E-state index contributed by atoms with van der Waals surface area (Å²) in [7, 11) is 0. The lowest BCUT2D eigenvalue weighted by atomic mass is 9.78.